The van der Waals surface area contributed by atoms with E-state index in [2.05, 4.69) is 43.8 Å². The van der Waals surface area contributed by atoms with Crippen LogP contribution in [0.5, 0.6) is 11.5 Å². The third-order valence-corrected chi connectivity index (χ3v) is 9.97. The molecule has 0 amide bonds. The lowest BCUT2D eigenvalue weighted by molar-refractivity contribution is -0.138. The highest BCUT2D eigenvalue weighted by atomic mass is 16.5. The van der Waals surface area contributed by atoms with E-state index >= 15 is 0 Å². The van der Waals surface area contributed by atoms with Gasteiger partial charge in [0.25, 0.3) is 0 Å². The summed E-state index contributed by atoms with van der Waals surface area (Å²) in [5, 5.41) is 4.18. The summed E-state index contributed by atoms with van der Waals surface area (Å²) < 4.78 is 27.7. The maximum absolute atomic E-state index is 13.4. The first kappa shape index (κ1) is 46.3. The summed E-state index contributed by atoms with van der Waals surface area (Å²) >= 11 is 0. The highest BCUT2D eigenvalue weighted by Gasteiger charge is 2.13. The third kappa shape index (κ3) is 15.7. The minimum atomic E-state index is -0.413. The van der Waals surface area contributed by atoms with Crippen molar-refractivity contribution in [3.05, 3.63) is 144 Å². The number of hydrogen-bond donors (Lipinski definition) is 0. The van der Waals surface area contributed by atoms with Crippen LogP contribution in [-0.2, 0) is 23.8 Å². The lowest BCUT2D eigenvalue weighted by atomic mass is 10.0. The molecule has 0 aliphatic heterocycles. The first-order valence-corrected chi connectivity index (χ1v) is 21.6. The molecule has 0 saturated heterocycles. The van der Waals surface area contributed by atoms with Gasteiger partial charge >= 0.3 is 17.9 Å². The first-order chi connectivity index (χ1) is 30.3. The van der Waals surface area contributed by atoms with Crippen molar-refractivity contribution in [3.63, 3.8) is 0 Å². The molecule has 0 atom stereocenters. The van der Waals surface area contributed by atoms with Crippen LogP contribution in [0.1, 0.15) is 110 Å². The maximum atomic E-state index is 13.4. The summed E-state index contributed by atoms with van der Waals surface area (Å²) in [6.07, 6.45) is 12.6. The number of esters is 3. The van der Waals surface area contributed by atoms with Gasteiger partial charge in [0.05, 0.1) is 38.6 Å². The van der Waals surface area contributed by atoms with Gasteiger partial charge in [-0.05, 0) is 146 Å². The Morgan fingerprint density at radius 1 is 0.468 bits per heavy atom. The Labute approximate surface area is 366 Å². The highest BCUT2D eigenvalue weighted by Crippen LogP contribution is 2.24. The molecule has 5 rings (SSSR count). The maximum Gasteiger partial charge on any atom is 0.339 e. The zero-order valence-electron chi connectivity index (χ0n) is 35.8. The lowest BCUT2D eigenvalue weighted by Gasteiger charge is -2.08. The van der Waals surface area contributed by atoms with Crippen molar-refractivity contribution in [2.24, 2.45) is 0 Å². The van der Waals surface area contributed by atoms with Crippen molar-refractivity contribution >= 4 is 39.5 Å². The van der Waals surface area contributed by atoms with E-state index in [-0.39, 0.29) is 11.9 Å². The fraction of sp³-hybridized carbons (Fsp3) is 0.315. The van der Waals surface area contributed by atoms with Crippen LogP contribution in [0.15, 0.2) is 116 Å². The molecule has 62 heavy (non-hydrogen) atoms. The van der Waals surface area contributed by atoms with Gasteiger partial charge in [0.15, 0.2) is 0 Å². The summed E-state index contributed by atoms with van der Waals surface area (Å²) in [5.74, 6) is 13.4. The summed E-state index contributed by atoms with van der Waals surface area (Å²) in [6.45, 7) is 11.3. The van der Waals surface area contributed by atoms with Crippen molar-refractivity contribution in [1.82, 2.24) is 0 Å². The Balaban J connectivity index is 1.19. The number of carbonyl (C=O) groups is 3. The fourth-order valence-corrected chi connectivity index (χ4v) is 6.52. The fourth-order valence-electron chi connectivity index (χ4n) is 6.52. The normalized spacial score (nSPS) is 10.5. The summed E-state index contributed by atoms with van der Waals surface area (Å²) in [4.78, 5) is 35.7. The largest absolute Gasteiger partial charge is 0.494 e. The van der Waals surface area contributed by atoms with E-state index in [0.29, 0.717) is 49.7 Å². The molecule has 0 radical (unpaired) electrons. The van der Waals surface area contributed by atoms with Gasteiger partial charge in [0.1, 0.15) is 11.5 Å². The number of benzene rings is 5. The van der Waals surface area contributed by atoms with E-state index in [1.807, 2.05) is 84.9 Å². The van der Waals surface area contributed by atoms with Crippen LogP contribution in [-0.4, -0.2) is 50.9 Å². The molecule has 0 aromatic heterocycles. The molecule has 0 heterocycles. The molecular weight excluding hydrogens is 777 g/mol. The second-order valence-corrected chi connectivity index (χ2v) is 14.8. The van der Waals surface area contributed by atoms with E-state index in [0.717, 1.165) is 115 Å². The molecule has 8 heteroatoms. The van der Waals surface area contributed by atoms with E-state index in [1.165, 1.54) is 12.2 Å². The monoisotopic (exact) mass is 832 g/mol. The van der Waals surface area contributed by atoms with Gasteiger partial charge in [-0.15, -0.1) is 0 Å². The van der Waals surface area contributed by atoms with Crippen LogP contribution in [0.4, 0.5) is 0 Å². The number of fused-ring (bicyclic) bond motifs is 2. The Bertz CT molecular complexity index is 2440. The molecule has 0 bridgehead atoms. The minimum absolute atomic E-state index is 0.349. The van der Waals surface area contributed by atoms with Crippen molar-refractivity contribution in [2.45, 2.75) is 77.6 Å². The van der Waals surface area contributed by atoms with Gasteiger partial charge in [-0.3, -0.25) is 0 Å². The van der Waals surface area contributed by atoms with Gasteiger partial charge in [-0.25, -0.2) is 14.4 Å². The third-order valence-electron chi connectivity index (χ3n) is 9.97. The topological polar surface area (TPSA) is 97.4 Å². The Hall–Kier alpha value is -6.77. The number of rotatable bonds is 23. The molecule has 0 N–H and O–H groups in total. The Morgan fingerprint density at radius 2 is 0.887 bits per heavy atom. The Morgan fingerprint density at radius 3 is 1.40 bits per heavy atom. The highest BCUT2D eigenvalue weighted by molar-refractivity contribution is 5.93. The standard InChI is InChI=1S/C54H56O8/c1-4-7-12-35-62-54(57)51-38-43(18-17-41-21-25-47-39-49(29-27-45(47)36-41)58-31-13-8-10-15-33-60-52(55)5-2)20-24-44(51)23-19-42-22-26-48-40-50(30-28-46(48)37-42)59-32-14-9-11-16-34-61-53(56)6-3/h5-6,20-22,24-30,36-40H,2-4,7-16,31-35H2,1H3. The first-order valence-electron chi connectivity index (χ1n) is 21.6. The van der Waals surface area contributed by atoms with Crippen LogP contribution in [0.25, 0.3) is 21.5 Å². The molecule has 5 aromatic rings. The van der Waals surface area contributed by atoms with Crippen LogP contribution in [0, 0.1) is 23.7 Å². The summed E-state index contributed by atoms with van der Waals surface area (Å²) in [7, 11) is 0. The minimum Gasteiger partial charge on any atom is -0.494 e. The average molecular weight is 833 g/mol. The Kier molecular flexibility index (Phi) is 19.2. The van der Waals surface area contributed by atoms with Gasteiger partial charge < -0.3 is 23.7 Å². The number of carbonyl (C=O) groups excluding carboxylic acids is 3. The molecule has 0 aliphatic rings. The predicted octanol–water partition coefficient (Wildman–Crippen LogP) is 11.5. The lowest BCUT2D eigenvalue weighted by Crippen LogP contribution is -2.09. The molecule has 0 saturated carbocycles. The van der Waals surface area contributed by atoms with Gasteiger partial charge in [-0.2, -0.15) is 0 Å². The van der Waals surface area contributed by atoms with Crippen LogP contribution >= 0.6 is 0 Å². The van der Waals surface area contributed by atoms with Crippen molar-refractivity contribution in [2.75, 3.05) is 33.0 Å². The van der Waals surface area contributed by atoms with E-state index in [9.17, 15) is 14.4 Å². The van der Waals surface area contributed by atoms with E-state index in [1.54, 1.807) is 6.07 Å². The van der Waals surface area contributed by atoms with Crippen molar-refractivity contribution in [1.29, 1.82) is 0 Å². The smallest absolute Gasteiger partial charge is 0.339 e. The zero-order valence-corrected chi connectivity index (χ0v) is 35.8. The van der Waals surface area contributed by atoms with Gasteiger partial charge in [0.2, 0.25) is 0 Å². The number of ether oxygens (including phenoxy) is 5. The molecule has 0 aliphatic carbocycles. The second kappa shape index (κ2) is 25.8. The summed E-state index contributed by atoms with van der Waals surface area (Å²) in [5.41, 5.74) is 3.33. The van der Waals surface area contributed by atoms with Crippen LogP contribution < -0.4 is 9.47 Å². The van der Waals surface area contributed by atoms with Crippen LogP contribution in [0.2, 0.25) is 0 Å². The molecule has 0 fully saturated rings. The van der Waals surface area contributed by atoms with E-state index in [4.69, 9.17) is 23.7 Å². The van der Waals surface area contributed by atoms with Crippen LogP contribution in [0.3, 0.4) is 0 Å². The quantitative estimate of drug-likeness (QED) is 0.0211. The zero-order chi connectivity index (χ0) is 43.8. The molecule has 8 nitrogen and oxygen atoms in total. The molecule has 0 spiro atoms. The molecule has 0 unspecified atom stereocenters. The molecule has 5 aromatic carbocycles. The van der Waals surface area contributed by atoms with Crippen molar-refractivity contribution in [3.8, 4) is 35.2 Å². The van der Waals surface area contributed by atoms with Gasteiger partial charge in [0, 0.05) is 34.4 Å². The summed E-state index contributed by atoms with van der Waals surface area (Å²) in [6, 6.07) is 29.6. The molecular formula is C54H56O8. The van der Waals surface area contributed by atoms with Gasteiger partial charge in [-0.1, -0.05) is 80.9 Å². The molecule has 320 valence electrons. The van der Waals surface area contributed by atoms with Crippen molar-refractivity contribution < 1.29 is 38.1 Å². The SMILES string of the molecule is C=CC(=O)OCCCCCCOc1ccc2cc(C#Cc3ccc(C#Cc4ccc5cc(OCCCCCCOC(=O)C=C)ccc5c4)c(C(=O)OCCCCC)c3)ccc2c1. The number of hydrogen-bond acceptors (Lipinski definition) is 8. The second-order valence-electron chi connectivity index (χ2n) is 14.8. The predicted molar refractivity (Wildman–Crippen MR) is 246 cm³/mol. The number of unbranched alkanes of at least 4 members (excludes halogenated alkanes) is 8. The average Bonchev–Trinajstić information content (AvgIpc) is 3.30. The van der Waals surface area contributed by atoms with E-state index < -0.39 is 5.97 Å².